The highest BCUT2D eigenvalue weighted by atomic mass is 32.2. The first kappa shape index (κ1) is 21.3. The minimum atomic E-state index is -4.03. The van der Waals surface area contributed by atoms with Crippen LogP contribution in [0.15, 0.2) is 34.7 Å². The molecule has 1 aromatic heterocycles. The molecule has 2 aromatic rings. The van der Waals surface area contributed by atoms with Gasteiger partial charge in [0.1, 0.15) is 6.54 Å². The van der Waals surface area contributed by atoms with Gasteiger partial charge in [0.15, 0.2) is 9.34 Å². The molecule has 0 aliphatic carbocycles. The zero-order chi connectivity index (χ0) is 21.0. The molecule has 1 aliphatic heterocycles. The molecule has 8 nitrogen and oxygen atoms in total. The van der Waals surface area contributed by atoms with Crippen LogP contribution in [0.25, 0.3) is 0 Å². The Bertz CT molecular complexity index is 997. The van der Waals surface area contributed by atoms with E-state index in [4.69, 9.17) is 0 Å². The highest BCUT2D eigenvalue weighted by Gasteiger charge is 2.31. The van der Waals surface area contributed by atoms with Crippen molar-refractivity contribution in [2.24, 2.45) is 0 Å². The second-order valence-electron chi connectivity index (χ2n) is 6.96. The van der Waals surface area contributed by atoms with E-state index in [1.54, 1.807) is 23.1 Å². The van der Waals surface area contributed by atoms with Crippen LogP contribution in [-0.2, 0) is 19.6 Å². The summed E-state index contributed by atoms with van der Waals surface area (Å²) in [4.78, 5) is 29.8. The molecule has 1 aliphatic rings. The Hall–Kier alpha value is -2.46. The number of anilines is 2. The Kier molecular flexibility index (Phi) is 6.53. The summed E-state index contributed by atoms with van der Waals surface area (Å²) in [5, 5.41) is 2.68. The molecule has 0 spiro atoms. The fourth-order valence-corrected chi connectivity index (χ4v) is 5.76. The predicted octanol–water partition coefficient (Wildman–Crippen LogP) is 2.62. The third-order valence-electron chi connectivity index (χ3n) is 4.59. The highest BCUT2D eigenvalue weighted by molar-refractivity contribution is 7.94. The summed E-state index contributed by atoms with van der Waals surface area (Å²) in [5.74, 6) is -0.555. The lowest BCUT2D eigenvalue weighted by atomic mass is 10.1. The van der Waals surface area contributed by atoms with Gasteiger partial charge in [-0.25, -0.2) is 13.4 Å². The quantitative estimate of drug-likeness (QED) is 0.750. The average Bonchev–Trinajstić information content (AvgIpc) is 3.15. The number of carbonyl (C=O) groups is 2. The Morgan fingerprint density at radius 1 is 1.24 bits per heavy atom. The first-order chi connectivity index (χ1) is 13.8. The maximum atomic E-state index is 13.4. The molecule has 1 saturated heterocycles. The fraction of sp³-hybridized carbons (Fsp3) is 0.421. The first-order valence-corrected chi connectivity index (χ1v) is 11.6. The number of aromatic nitrogens is 1. The average molecular weight is 437 g/mol. The SMILES string of the molecule is CC(=O)Nc1ncc(S(=O)(=O)N(CC(=O)N2CCCCC2)c2cccc(C)c2)s1. The number of sulfonamides is 1. The zero-order valence-electron chi connectivity index (χ0n) is 16.4. The molecule has 10 heteroatoms. The molecule has 1 N–H and O–H groups in total. The van der Waals surface area contributed by atoms with Crippen LogP contribution in [0.4, 0.5) is 10.8 Å². The second kappa shape index (κ2) is 8.91. The van der Waals surface area contributed by atoms with Crippen LogP contribution in [0.3, 0.4) is 0 Å². The Morgan fingerprint density at radius 2 is 1.97 bits per heavy atom. The summed E-state index contributed by atoms with van der Waals surface area (Å²) in [6.45, 7) is 4.20. The normalized spacial score (nSPS) is 14.5. The number of hydrogen-bond donors (Lipinski definition) is 1. The van der Waals surface area contributed by atoms with Gasteiger partial charge < -0.3 is 10.2 Å². The van der Waals surface area contributed by atoms with E-state index in [-0.39, 0.29) is 27.7 Å². The van der Waals surface area contributed by atoms with Crippen LogP contribution < -0.4 is 9.62 Å². The van der Waals surface area contributed by atoms with Crippen molar-refractivity contribution in [3.63, 3.8) is 0 Å². The molecule has 3 rings (SSSR count). The number of nitrogens with zero attached hydrogens (tertiary/aromatic N) is 3. The number of aryl methyl sites for hydroxylation is 1. The molecule has 0 radical (unpaired) electrons. The molecular weight excluding hydrogens is 412 g/mol. The molecule has 1 aromatic carbocycles. The number of piperidine rings is 1. The molecule has 156 valence electrons. The number of benzene rings is 1. The Labute approximate surface area is 174 Å². The summed E-state index contributed by atoms with van der Waals surface area (Å²) < 4.78 is 27.8. The largest absolute Gasteiger partial charge is 0.341 e. The van der Waals surface area contributed by atoms with Crippen molar-refractivity contribution in [3.05, 3.63) is 36.0 Å². The number of nitrogens with one attached hydrogen (secondary N) is 1. The van der Waals surface area contributed by atoms with Gasteiger partial charge in [-0.05, 0) is 43.9 Å². The number of hydrogen-bond acceptors (Lipinski definition) is 6. The zero-order valence-corrected chi connectivity index (χ0v) is 18.1. The Morgan fingerprint density at radius 3 is 2.62 bits per heavy atom. The number of thiazole rings is 1. The van der Waals surface area contributed by atoms with Gasteiger partial charge in [0.25, 0.3) is 10.0 Å². The van der Waals surface area contributed by atoms with Gasteiger partial charge in [0.2, 0.25) is 11.8 Å². The standard InChI is InChI=1S/C19H24N4O4S2/c1-14-7-6-8-16(11-14)23(13-17(25)22-9-4-3-5-10-22)29(26,27)18-12-20-19(28-18)21-15(2)24/h6-8,11-12H,3-5,9-10,13H2,1-2H3,(H,20,21,24). The van der Waals surface area contributed by atoms with E-state index in [1.165, 1.54) is 13.1 Å². The summed E-state index contributed by atoms with van der Waals surface area (Å²) in [6.07, 6.45) is 4.14. The predicted molar refractivity (Wildman–Crippen MR) is 113 cm³/mol. The topological polar surface area (TPSA) is 99.7 Å². The van der Waals surface area contributed by atoms with Crippen LogP contribution in [0.2, 0.25) is 0 Å². The number of rotatable bonds is 6. The molecule has 2 amide bonds. The smallest absolute Gasteiger partial charge is 0.275 e. The van der Waals surface area contributed by atoms with Crippen LogP contribution in [-0.4, -0.2) is 49.8 Å². The Balaban J connectivity index is 1.94. The highest BCUT2D eigenvalue weighted by Crippen LogP contribution is 2.30. The van der Waals surface area contributed by atoms with Crippen molar-refractivity contribution in [3.8, 4) is 0 Å². The van der Waals surface area contributed by atoms with Crippen LogP contribution in [0.1, 0.15) is 31.7 Å². The molecule has 2 heterocycles. The van der Waals surface area contributed by atoms with Crippen molar-refractivity contribution in [2.75, 3.05) is 29.3 Å². The minimum Gasteiger partial charge on any atom is -0.341 e. The maximum absolute atomic E-state index is 13.4. The second-order valence-corrected chi connectivity index (χ2v) is 10.1. The van der Waals surface area contributed by atoms with Gasteiger partial charge in [-0.1, -0.05) is 23.5 Å². The molecule has 0 atom stereocenters. The van der Waals surface area contributed by atoms with E-state index in [2.05, 4.69) is 10.3 Å². The van der Waals surface area contributed by atoms with E-state index in [0.717, 1.165) is 40.5 Å². The third-order valence-corrected chi connectivity index (χ3v) is 7.71. The minimum absolute atomic E-state index is 0.0331. The van der Waals surface area contributed by atoms with Crippen molar-refractivity contribution in [2.45, 2.75) is 37.3 Å². The molecule has 1 fully saturated rings. The number of amides is 2. The van der Waals surface area contributed by atoms with Gasteiger partial charge in [-0.3, -0.25) is 13.9 Å². The van der Waals surface area contributed by atoms with Crippen LogP contribution in [0, 0.1) is 6.92 Å². The summed E-state index contributed by atoms with van der Waals surface area (Å²) in [5.41, 5.74) is 1.31. The molecule has 0 bridgehead atoms. The van der Waals surface area contributed by atoms with Gasteiger partial charge in [-0.2, -0.15) is 0 Å². The molecule has 29 heavy (non-hydrogen) atoms. The first-order valence-electron chi connectivity index (χ1n) is 9.38. The van der Waals surface area contributed by atoms with E-state index in [0.29, 0.717) is 18.8 Å². The lowest BCUT2D eigenvalue weighted by Crippen LogP contribution is -2.44. The van der Waals surface area contributed by atoms with Gasteiger partial charge in [-0.15, -0.1) is 0 Å². The van der Waals surface area contributed by atoms with E-state index in [9.17, 15) is 18.0 Å². The van der Waals surface area contributed by atoms with Crippen molar-refractivity contribution in [1.29, 1.82) is 0 Å². The molecule has 0 saturated carbocycles. The van der Waals surface area contributed by atoms with Crippen molar-refractivity contribution >= 4 is 44.0 Å². The lowest BCUT2D eigenvalue weighted by Gasteiger charge is -2.30. The third kappa shape index (κ3) is 5.13. The number of carbonyl (C=O) groups excluding carboxylic acids is 2. The molecular formula is C19H24N4O4S2. The molecule has 0 unspecified atom stereocenters. The number of likely N-dealkylation sites (tertiary alicyclic amines) is 1. The van der Waals surface area contributed by atoms with Crippen molar-refractivity contribution < 1.29 is 18.0 Å². The fourth-order valence-electron chi connectivity index (χ4n) is 3.16. The summed E-state index contributed by atoms with van der Waals surface area (Å²) in [6, 6.07) is 7.02. The monoisotopic (exact) mass is 436 g/mol. The van der Waals surface area contributed by atoms with Gasteiger partial charge in [0.05, 0.1) is 11.9 Å². The lowest BCUT2D eigenvalue weighted by molar-refractivity contribution is -0.130. The van der Waals surface area contributed by atoms with E-state index >= 15 is 0 Å². The van der Waals surface area contributed by atoms with Crippen LogP contribution in [0.5, 0.6) is 0 Å². The van der Waals surface area contributed by atoms with E-state index < -0.39 is 10.0 Å². The van der Waals surface area contributed by atoms with Crippen molar-refractivity contribution in [1.82, 2.24) is 9.88 Å². The van der Waals surface area contributed by atoms with Gasteiger partial charge >= 0.3 is 0 Å². The van der Waals surface area contributed by atoms with Gasteiger partial charge in [0, 0.05) is 20.0 Å². The van der Waals surface area contributed by atoms with Crippen LogP contribution >= 0.6 is 11.3 Å². The summed E-state index contributed by atoms with van der Waals surface area (Å²) in [7, 11) is -4.03. The maximum Gasteiger partial charge on any atom is 0.275 e. The van der Waals surface area contributed by atoms with E-state index in [1.807, 2.05) is 13.0 Å². The summed E-state index contributed by atoms with van der Waals surface area (Å²) >= 11 is 0.860.